The second-order valence-electron chi connectivity index (χ2n) is 11.0. The van der Waals surface area contributed by atoms with E-state index in [-0.39, 0.29) is 24.2 Å². The summed E-state index contributed by atoms with van der Waals surface area (Å²) in [5.41, 5.74) is 12.5. The summed E-state index contributed by atoms with van der Waals surface area (Å²) < 4.78 is 22.6. The highest BCUT2D eigenvalue weighted by Crippen LogP contribution is 2.47. The molecule has 2 aromatic carbocycles. The third-order valence-electron chi connectivity index (χ3n) is 8.17. The number of nitrogens with one attached hydrogen (secondary N) is 1. The Hall–Kier alpha value is -3.75. The minimum atomic E-state index is -0.489. The second kappa shape index (κ2) is 11.4. The first-order chi connectivity index (χ1) is 19.5. The van der Waals surface area contributed by atoms with Gasteiger partial charge in [-0.25, -0.2) is 4.79 Å². The summed E-state index contributed by atoms with van der Waals surface area (Å²) in [6, 6.07) is 18.1. The van der Waals surface area contributed by atoms with Gasteiger partial charge in [0.1, 0.15) is 24.8 Å². The smallest absolute Gasteiger partial charge is 0.412 e. The minimum absolute atomic E-state index is 0.128. The molecule has 2 aliphatic heterocycles. The van der Waals surface area contributed by atoms with Crippen LogP contribution in [0.1, 0.15) is 50.3 Å². The maximum absolute atomic E-state index is 12.5. The van der Waals surface area contributed by atoms with Gasteiger partial charge in [0.25, 0.3) is 0 Å². The van der Waals surface area contributed by atoms with Gasteiger partial charge in [-0.15, -0.1) is 0 Å². The molecule has 0 bridgehead atoms. The lowest BCUT2D eigenvalue weighted by Crippen LogP contribution is -2.46. The van der Waals surface area contributed by atoms with Gasteiger partial charge in [-0.2, -0.15) is 0 Å². The van der Waals surface area contributed by atoms with E-state index in [9.17, 15) is 4.79 Å². The number of nitrogens with zero attached hydrogens (tertiary/aromatic N) is 1. The van der Waals surface area contributed by atoms with Gasteiger partial charge >= 0.3 is 6.09 Å². The Morgan fingerprint density at radius 2 is 1.80 bits per heavy atom. The second-order valence-corrected chi connectivity index (χ2v) is 11.0. The van der Waals surface area contributed by atoms with E-state index < -0.39 is 6.09 Å². The Kier molecular flexibility index (Phi) is 7.54. The van der Waals surface area contributed by atoms with Crippen molar-refractivity contribution in [3.05, 3.63) is 94.9 Å². The molecular formula is C32H37N3O5. The summed E-state index contributed by atoms with van der Waals surface area (Å²) in [6.07, 6.45) is 6.86. The van der Waals surface area contributed by atoms with Crippen molar-refractivity contribution in [2.24, 2.45) is 11.7 Å². The number of carbonyl (C=O) groups is 1. The van der Waals surface area contributed by atoms with Crippen molar-refractivity contribution >= 4 is 17.5 Å². The predicted molar refractivity (Wildman–Crippen MR) is 153 cm³/mol. The number of rotatable bonds is 7. The van der Waals surface area contributed by atoms with Gasteiger partial charge in [-0.05, 0) is 56.0 Å². The van der Waals surface area contributed by atoms with Crippen molar-refractivity contribution in [3.63, 3.8) is 0 Å². The number of amides is 1. The Labute approximate surface area is 235 Å². The molecule has 8 nitrogen and oxygen atoms in total. The van der Waals surface area contributed by atoms with E-state index >= 15 is 0 Å². The summed E-state index contributed by atoms with van der Waals surface area (Å²) in [5.74, 6) is 1.04. The molecule has 2 fully saturated rings. The Bertz CT molecular complexity index is 1310. The van der Waals surface area contributed by atoms with Gasteiger partial charge in [0.15, 0.2) is 0 Å². The maximum atomic E-state index is 12.5. The summed E-state index contributed by atoms with van der Waals surface area (Å²) in [4.78, 5) is 15.1. The van der Waals surface area contributed by atoms with Crippen LogP contribution in [0.15, 0.2) is 83.8 Å². The molecule has 3 atom stereocenters. The molecule has 40 heavy (non-hydrogen) atoms. The van der Waals surface area contributed by atoms with Gasteiger partial charge in [0.2, 0.25) is 0 Å². The fourth-order valence-electron chi connectivity index (χ4n) is 5.97. The molecule has 2 aromatic rings. The number of anilines is 1. The molecule has 210 valence electrons. The van der Waals surface area contributed by atoms with Crippen LogP contribution < -0.4 is 11.1 Å². The largest absolute Gasteiger partial charge is 0.486 e. The van der Waals surface area contributed by atoms with Gasteiger partial charge < -0.3 is 29.6 Å². The van der Waals surface area contributed by atoms with E-state index in [4.69, 9.17) is 24.7 Å². The number of hydrogen-bond acceptors (Lipinski definition) is 7. The van der Waals surface area contributed by atoms with Crippen LogP contribution in [-0.2, 0) is 18.9 Å². The average Bonchev–Trinajstić information content (AvgIpc) is 3.21. The number of hydrogen-bond donors (Lipinski definition) is 2. The summed E-state index contributed by atoms with van der Waals surface area (Å²) in [6.45, 7) is 5.44. The van der Waals surface area contributed by atoms with Gasteiger partial charge in [-0.1, -0.05) is 49.4 Å². The highest BCUT2D eigenvalue weighted by molar-refractivity contribution is 5.85. The number of fused-ring (bicyclic) bond motifs is 1. The molecule has 2 aliphatic carbocycles. The van der Waals surface area contributed by atoms with E-state index in [1.807, 2.05) is 61.5 Å². The van der Waals surface area contributed by atoms with E-state index in [1.165, 1.54) is 6.42 Å². The van der Waals surface area contributed by atoms with Crippen LogP contribution in [0.2, 0.25) is 0 Å². The summed E-state index contributed by atoms with van der Waals surface area (Å²) in [7, 11) is 0. The van der Waals surface area contributed by atoms with Crippen molar-refractivity contribution in [2.75, 3.05) is 25.3 Å². The van der Waals surface area contributed by atoms with E-state index in [2.05, 4.69) is 29.3 Å². The topological polar surface area (TPSA) is 95.3 Å². The molecule has 8 heteroatoms. The third kappa shape index (κ3) is 5.33. The molecule has 0 aromatic heterocycles. The van der Waals surface area contributed by atoms with Crippen molar-refractivity contribution in [3.8, 4) is 0 Å². The fourth-order valence-corrected chi connectivity index (χ4v) is 5.97. The van der Waals surface area contributed by atoms with Crippen LogP contribution in [0.4, 0.5) is 10.5 Å². The zero-order valence-corrected chi connectivity index (χ0v) is 23.0. The zero-order chi connectivity index (χ0) is 27.6. The van der Waals surface area contributed by atoms with E-state index in [0.717, 1.165) is 46.7 Å². The number of carbonyl (C=O) groups excluding carboxylic acids is 1. The lowest BCUT2D eigenvalue weighted by molar-refractivity contribution is -0.155. The van der Waals surface area contributed by atoms with Gasteiger partial charge in [0, 0.05) is 28.8 Å². The van der Waals surface area contributed by atoms with Crippen LogP contribution in [0, 0.1) is 5.92 Å². The Morgan fingerprint density at radius 3 is 2.48 bits per heavy atom. The molecule has 4 aliphatic rings. The monoisotopic (exact) mass is 543 g/mol. The van der Waals surface area contributed by atoms with E-state index in [0.29, 0.717) is 31.7 Å². The molecule has 1 unspecified atom stereocenters. The first-order valence-corrected chi connectivity index (χ1v) is 14.1. The molecule has 0 radical (unpaired) electrons. The van der Waals surface area contributed by atoms with Crippen LogP contribution in [0.5, 0.6) is 0 Å². The number of ether oxygens (including phenoxy) is 4. The summed E-state index contributed by atoms with van der Waals surface area (Å²) in [5, 5.41) is 2.85. The first-order valence-electron chi connectivity index (χ1n) is 14.1. The molecule has 6 rings (SSSR count). The zero-order valence-electron chi connectivity index (χ0n) is 23.0. The number of benzene rings is 2. The lowest BCUT2D eigenvalue weighted by atomic mass is 9.84. The van der Waals surface area contributed by atoms with Crippen molar-refractivity contribution in [2.45, 2.75) is 57.4 Å². The highest BCUT2D eigenvalue weighted by atomic mass is 16.7. The normalized spacial score (nSPS) is 24.0. The standard InChI is InChI=1S/C32H37N3O5/c1-20-15-26(40-27-17-37-19-38-18-27)16-28-29(33)31(35(30(20)28)25-9-6-10-25)23-11-13-24(14-12-23)34-32(36)39-21(2)22-7-4-3-5-8-22/h3-5,7-8,11-16,20-21,25,27,30H,6,9-10,17-19,33H2,1-2H3,(H,34,36)/t20-,21+,30?/m0/s1. The van der Waals surface area contributed by atoms with Crippen molar-refractivity contribution in [1.82, 2.24) is 4.90 Å². The SMILES string of the molecule is C[C@@H](OC(=O)Nc1ccc(C2=C(N)C3=CC(OC4COCOC4)=C[C@H](C)C3N2C2CCC2)cc1)c1ccccc1. The Morgan fingerprint density at radius 1 is 1.07 bits per heavy atom. The van der Waals surface area contributed by atoms with Gasteiger partial charge in [-0.3, -0.25) is 5.32 Å². The number of nitrogens with two attached hydrogens (primary N) is 1. The quantitative estimate of drug-likeness (QED) is 0.462. The molecule has 1 saturated carbocycles. The average molecular weight is 544 g/mol. The maximum Gasteiger partial charge on any atom is 0.412 e. The van der Waals surface area contributed by atoms with Gasteiger partial charge in [0.05, 0.1) is 30.6 Å². The van der Waals surface area contributed by atoms with Crippen LogP contribution >= 0.6 is 0 Å². The molecule has 3 N–H and O–H groups in total. The van der Waals surface area contributed by atoms with Crippen LogP contribution in [0.25, 0.3) is 5.70 Å². The van der Waals surface area contributed by atoms with Crippen LogP contribution in [0.3, 0.4) is 0 Å². The number of allylic oxidation sites excluding steroid dienone is 1. The molecule has 1 saturated heterocycles. The molecule has 2 heterocycles. The van der Waals surface area contributed by atoms with Crippen LogP contribution in [-0.4, -0.2) is 49.2 Å². The highest BCUT2D eigenvalue weighted by Gasteiger charge is 2.45. The first kappa shape index (κ1) is 26.5. The van der Waals surface area contributed by atoms with Crippen molar-refractivity contribution < 1.29 is 23.7 Å². The third-order valence-corrected chi connectivity index (χ3v) is 8.17. The fraction of sp³-hybridized carbons (Fsp3) is 0.406. The Balaban J connectivity index is 1.20. The predicted octanol–water partition coefficient (Wildman–Crippen LogP) is 5.71. The van der Waals surface area contributed by atoms with E-state index in [1.54, 1.807) is 0 Å². The molecule has 0 spiro atoms. The molecular weight excluding hydrogens is 506 g/mol. The van der Waals surface area contributed by atoms with Crippen molar-refractivity contribution in [1.29, 1.82) is 0 Å². The summed E-state index contributed by atoms with van der Waals surface area (Å²) >= 11 is 0. The molecule has 1 amide bonds. The minimum Gasteiger partial charge on any atom is -0.486 e. The lowest BCUT2D eigenvalue weighted by Gasteiger charge is -2.44.